The Morgan fingerprint density at radius 1 is 0.909 bits per heavy atom. The molecule has 6 nitrogen and oxygen atoms in total. The number of carbonyl (C=O) groups excluding carboxylic acids is 2. The second-order valence-electron chi connectivity index (χ2n) is 7.25. The van der Waals surface area contributed by atoms with E-state index in [-0.39, 0.29) is 26.9 Å². The predicted molar refractivity (Wildman–Crippen MR) is 127 cm³/mol. The highest BCUT2D eigenvalue weighted by Crippen LogP contribution is 2.44. The zero-order valence-corrected chi connectivity index (χ0v) is 19.2. The number of amides is 1. The van der Waals surface area contributed by atoms with Gasteiger partial charge >= 0.3 is 0 Å². The maximum Gasteiger partial charge on any atom is 0.300 e. The van der Waals surface area contributed by atoms with E-state index in [0.717, 1.165) is 0 Å². The van der Waals surface area contributed by atoms with Gasteiger partial charge in [0.25, 0.3) is 11.7 Å². The molecular weight excluding hydrogens is 465 g/mol. The van der Waals surface area contributed by atoms with Gasteiger partial charge in [0.2, 0.25) is 0 Å². The first-order chi connectivity index (χ1) is 15.9. The van der Waals surface area contributed by atoms with E-state index in [1.807, 2.05) is 6.07 Å². The monoisotopic (exact) mass is 483 g/mol. The van der Waals surface area contributed by atoms with Crippen LogP contribution in [0.4, 0.5) is 5.69 Å². The summed E-state index contributed by atoms with van der Waals surface area (Å²) >= 11 is 12.5. The van der Waals surface area contributed by atoms with E-state index >= 15 is 0 Å². The van der Waals surface area contributed by atoms with Gasteiger partial charge in [0.1, 0.15) is 11.5 Å². The highest BCUT2D eigenvalue weighted by atomic mass is 35.5. The summed E-state index contributed by atoms with van der Waals surface area (Å²) in [6.45, 7) is 0. The lowest BCUT2D eigenvalue weighted by Crippen LogP contribution is -2.29. The molecule has 0 radical (unpaired) electrons. The Bertz CT molecular complexity index is 1250. The predicted octanol–water partition coefficient (Wildman–Crippen LogP) is 5.64. The van der Waals surface area contributed by atoms with Crippen LogP contribution in [0.3, 0.4) is 0 Å². The number of halogens is 2. The van der Waals surface area contributed by atoms with Gasteiger partial charge in [-0.15, -0.1) is 0 Å². The first-order valence-electron chi connectivity index (χ1n) is 9.90. The van der Waals surface area contributed by atoms with Crippen LogP contribution in [0.2, 0.25) is 10.0 Å². The summed E-state index contributed by atoms with van der Waals surface area (Å²) in [5.41, 5.74) is 1.20. The largest absolute Gasteiger partial charge is 0.507 e. The highest BCUT2D eigenvalue weighted by molar-refractivity contribution is 6.51. The number of aliphatic hydroxyl groups excluding tert-OH is 1. The quantitative estimate of drug-likeness (QED) is 0.288. The van der Waals surface area contributed by atoms with E-state index in [4.69, 9.17) is 32.7 Å². The number of carbonyl (C=O) groups is 2. The van der Waals surface area contributed by atoms with Crippen LogP contribution in [-0.2, 0) is 9.59 Å². The molecule has 0 aliphatic carbocycles. The Hall–Kier alpha value is -3.48. The molecule has 1 unspecified atom stereocenters. The molecule has 0 saturated carbocycles. The van der Waals surface area contributed by atoms with Gasteiger partial charge in [-0.1, -0.05) is 53.5 Å². The minimum absolute atomic E-state index is 0.0885. The molecular formula is C25H19Cl2NO5. The number of aliphatic hydroxyl groups is 1. The average molecular weight is 484 g/mol. The van der Waals surface area contributed by atoms with Crippen molar-refractivity contribution in [2.45, 2.75) is 6.04 Å². The third-order valence-corrected chi connectivity index (χ3v) is 5.93. The Morgan fingerprint density at radius 3 is 2.18 bits per heavy atom. The number of methoxy groups -OCH3 is 2. The molecule has 1 amide bonds. The van der Waals surface area contributed by atoms with Gasteiger partial charge in [-0.05, 0) is 42.0 Å². The van der Waals surface area contributed by atoms with E-state index in [1.54, 1.807) is 48.5 Å². The van der Waals surface area contributed by atoms with E-state index in [1.165, 1.54) is 31.3 Å². The summed E-state index contributed by atoms with van der Waals surface area (Å²) in [7, 11) is 2.94. The molecule has 1 aliphatic heterocycles. The van der Waals surface area contributed by atoms with Crippen LogP contribution < -0.4 is 14.4 Å². The van der Waals surface area contributed by atoms with Gasteiger partial charge in [0.15, 0.2) is 5.75 Å². The maximum absolute atomic E-state index is 13.2. The first kappa shape index (κ1) is 22.7. The third kappa shape index (κ3) is 4.03. The number of hydrogen-bond donors (Lipinski definition) is 1. The first-order valence-corrected chi connectivity index (χ1v) is 10.7. The third-order valence-electron chi connectivity index (χ3n) is 5.36. The van der Waals surface area contributed by atoms with Crippen LogP contribution in [0.15, 0.2) is 72.3 Å². The number of Topliss-reactive ketones (excluding diaryl/α,β-unsaturated/α-hetero) is 1. The Morgan fingerprint density at radius 2 is 1.58 bits per heavy atom. The molecule has 1 fully saturated rings. The Balaban J connectivity index is 1.97. The van der Waals surface area contributed by atoms with Crippen LogP contribution in [0.5, 0.6) is 11.5 Å². The number of anilines is 1. The fraction of sp³-hybridized carbons (Fsp3) is 0.120. The summed E-state index contributed by atoms with van der Waals surface area (Å²) in [5, 5.41) is 11.5. The van der Waals surface area contributed by atoms with Crippen molar-refractivity contribution in [3.63, 3.8) is 0 Å². The molecule has 1 heterocycles. The normalized spacial score (nSPS) is 17.3. The molecule has 0 spiro atoms. The standard InChI is InChI=1S/C25H19Cl2NO5/c1-32-17-10-6-7-14(11-17)21-20(22(29)15-12-18(26)24(33-2)19(27)13-15)23(30)25(31)28(21)16-8-4-3-5-9-16/h3-13,21,29H,1-2H3/b22-20+. The maximum atomic E-state index is 13.2. The minimum Gasteiger partial charge on any atom is -0.507 e. The van der Waals surface area contributed by atoms with Crippen molar-refractivity contribution in [1.29, 1.82) is 0 Å². The number of ether oxygens (including phenoxy) is 2. The number of nitrogens with zero attached hydrogens (tertiary/aromatic N) is 1. The summed E-state index contributed by atoms with van der Waals surface area (Å²) in [5.74, 6) is -1.20. The molecule has 0 bridgehead atoms. The van der Waals surface area contributed by atoms with Crippen molar-refractivity contribution in [2.24, 2.45) is 0 Å². The SMILES string of the molecule is COc1cccc(C2/C(=C(\O)c3cc(Cl)c(OC)c(Cl)c3)C(=O)C(=O)N2c2ccccc2)c1. The summed E-state index contributed by atoms with van der Waals surface area (Å²) in [6.07, 6.45) is 0. The van der Waals surface area contributed by atoms with Crippen molar-refractivity contribution in [3.05, 3.63) is 93.5 Å². The Labute approximate surface area is 200 Å². The number of benzene rings is 3. The van der Waals surface area contributed by atoms with Crippen molar-refractivity contribution in [3.8, 4) is 11.5 Å². The van der Waals surface area contributed by atoms with E-state index in [2.05, 4.69) is 0 Å². The highest BCUT2D eigenvalue weighted by Gasteiger charge is 2.47. The molecule has 3 aromatic carbocycles. The van der Waals surface area contributed by atoms with E-state index in [9.17, 15) is 14.7 Å². The fourth-order valence-electron chi connectivity index (χ4n) is 3.86. The van der Waals surface area contributed by atoms with Gasteiger partial charge in [-0.3, -0.25) is 14.5 Å². The summed E-state index contributed by atoms with van der Waals surface area (Å²) < 4.78 is 10.5. The minimum atomic E-state index is -0.901. The van der Waals surface area contributed by atoms with Crippen molar-refractivity contribution >= 4 is 46.3 Å². The van der Waals surface area contributed by atoms with Crippen LogP contribution in [0.1, 0.15) is 17.2 Å². The molecule has 1 N–H and O–H groups in total. The molecule has 3 aromatic rings. The average Bonchev–Trinajstić information content (AvgIpc) is 3.09. The molecule has 1 atom stereocenters. The number of hydrogen-bond acceptors (Lipinski definition) is 5. The Kier molecular flexibility index (Phi) is 6.31. The number of ketones is 1. The zero-order valence-electron chi connectivity index (χ0n) is 17.7. The second kappa shape index (κ2) is 9.17. The molecule has 168 valence electrons. The second-order valence-corrected chi connectivity index (χ2v) is 8.07. The lowest BCUT2D eigenvalue weighted by molar-refractivity contribution is -0.132. The molecule has 4 rings (SSSR count). The van der Waals surface area contributed by atoms with E-state index < -0.39 is 23.5 Å². The van der Waals surface area contributed by atoms with Crippen LogP contribution in [0, 0.1) is 0 Å². The van der Waals surface area contributed by atoms with Gasteiger partial charge < -0.3 is 14.6 Å². The van der Waals surface area contributed by atoms with Crippen molar-refractivity contribution in [1.82, 2.24) is 0 Å². The summed E-state index contributed by atoms with van der Waals surface area (Å²) in [6, 6.07) is 17.7. The smallest absolute Gasteiger partial charge is 0.300 e. The van der Waals surface area contributed by atoms with Gasteiger partial charge in [-0.2, -0.15) is 0 Å². The summed E-state index contributed by atoms with van der Waals surface area (Å²) in [4.78, 5) is 27.7. The van der Waals surface area contributed by atoms with Crippen LogP contribution >= 0.6 is 23.2 Å². The number of rotatable bonds is 5. The molecule has 1 aliphatic rings. The fourth-order valence-corrected chi connectivity index (χ4v) is 4.50. The zero-order chi connectivity index (χ0) is 23.7. The van der Waals surface area contributed by atoms with Crippen molar-refractivity contribution in [2.75, 3.05) is 19.1 Å². The van der Waals surface area contributed by atoms with Crippen LogP contribution in [0.25, 0.3) is 5.76 Å². The van der Waals surface area contributed by atoms with Crippen LogP contribution in [-0.4, -0.2) is 31.0 Å². The molecule has 8 heteroatoms. The van der Waals surface area contributed by atoms with Gasteiger partial charge in [-0.25, -0.2) is 0 Å². The van der Waals surface area contributed by atoms with Gasteiger partial charge in [0.05, 0.1) is 35.9 Å². The van der Waals surface area contributed by atoms with Gasteiger partial charge in [0, 0.05) is 11.3 Å². The molecule has 33 heavy (non-hydrogen) atoms. The topological polar surface area (TPSA) is 76.1 Å². The molecule has 1 saturated heterocycles. The van der Waals surface area contributed by atoms with Crippen molar-refractivity contribution < 1.29 is 24.2 Å². The lowest BCUT2D eigenvalue weighted by atomic mass is 9.95. The lowest BCUT2D eigenvalue weighted by Gasteiger charge is -2.25. The number of para-hydroxylation sites is 1. The van der Waals surface area contributed by atoms with E-state index in [0.29, 0.717) is 17.0 Å². The molecule has 0 aromatic heterocycles.